The molecule has 0 aromatic heterocycles. The molecule has 2 rings (SSSR count). The van der Waals surface area contributed by atoms with Crippen LogP contribution in [0, 0.1) is 0 Å². The number of hydrogen-bond acceptors (Lipinski definition) is 4. The second kappa shape index (κ2) is 4.58. The number of aliphatic hydroxyl groups is 1. The van der Waals surface area contributed by atoms with E-state index >= 15 is 0 Å². The molecule has 94 valence electrons. The molecule has 0 aromatic carbocycles. The predicted octanol–water partition coefficient (Wildman–Crippen LogP) is -1.41. The van der Waals surface area contributed by atoms with Gasteiger partial charge in [0.15, 0.2) is 0 Å². The summed E-state index contributed by atoms with van der Waals surface area (Å²) in [5, 5.41) is 12.7. The van der Waals surface area contributed by atoms with Crippen LogP contribution in [0.1, 0.15) is 12.8 Å². The lowest BCUT2D eigenvalue weighted by atomic mass is 10.2. The van der Waals surface area contributed by atoms with Crippen LogP contribution in [-0.4, -0.2) is 67.5 Å². The summed E-state index contributed by atoms with van der Waals surface area (Å²) in [6, 6.07) is -0.342. The van der Waals surface area contributed by atoms with E-state index in [4.69, 9.17) is 0 Å². The van der Waals surface area contributed by atoms with Gasteiger partial charge in [0.25, 0.3) is 10.2 Å². The van der Waals surface area contributed by atoms with Gasteiger partial charge in [-0.2, -0.15) is 17.0 Å². The lowest BCUT2D eigenvalue weighted by Gasteiger charge is -2.29. The first-order chi connectivity index (χ1) is 7.53. The van der Waals surface area contributed by atoms with Crippen LogP contribution in [-0.2, 0) is 10.2 Å². The molecule has 2 unspecified atom stereocenters. The zero-order chi connectivity index (χ0) is 11.8. The van der Waals surface area contributed by atoms with Crippen LogP contribution in [0.15, 0.2) is 0 Å². The van der Waals surface area contributed by atoms with Gasteiger partial charge in [-0.1, -0.05) is 0 Å². The SMILES string of the molecule is CN(C1CNCC1O)S(=O)(=O)N1CCCC1. The largest absolute Gasteiger partial charge is 0.390 e. The van der Waals surface area contributed by atoms with E-state index in [1.165, 1.54) is 8.61 Å². The standard InChI is InChI=1S/C9H19N3O3S/c1-11(8-6-10-7-9(8)13)16(14,15)12-4-2-3-5-12/h8-10,13H,2-7H2,1H3. The Morgan fingerprint density at radius 1 is 1.31 bits per heavy atom. The molecular weight excluding hydrogens is 230 g/mol. The van der Waals surface area contributed by atoms with Crippen molar-refractivity contribution in [3.63, 3.8) is 0 Å². The van der Waals surface area contributed by atoms with Gasteiger partial charge in [-0.15, -0.1) is 0 Å². The normalized spacial score (nSPS) is 32.7. The van der Waals surface area contributed by atoms with Gasteiger partial charge in [-0.3, -0.25) is 0 Å². The second-order valence-electron chi connectivity index (χ2n) is 4.42. The van der Waals surface area contributed by atoms with Crippen molar-refractivity contribution in [2.45, 2.75) is 25.0 Å². The summed E-state index contributed by atoms with van der Waals surface area (Å²) in [5.41, 5.74) is 0. The average Bonchev–Trinajstić information content (AvgIpc) is 2.86. The van der Waals surface area contributed by atoms with E-state index in [1.54, 1.807) is 7.05 Å². The molecule has 0 spiro atoms. The maximum Gasteiger partial charge on any atom is 0.282 e. The van der Waals surface area contributed by atoms with Gasteiger partial charge in [-0.25, -0.2) is 0 Å². The lowest BCUT2D eigenvalue weighted by molar-refractivity contribution is 0.133. The molecule has 0 radical (unpaired) electrons. The number of β-amino-alcohol motifs (C(OH)–C–C–N with tert-alkyl or cyclic N) is 1. The zero-order valence-corrected chi connectivity index (χ0v) is 10.3. The molecule has 0 bridgehead atoms. The smallest absolute Gasteiger partial charge is 0.282 e. The third-order valence-corrected chi connectivity index (χ3v) is 5.39. The molecule has 0 saturated carbocycles. The minimum Gasteiger partial charge on any atom is -0.390 e. The van der Waals surface area contributed by atoms with Crippen LogP contribution in [0.4, 0.5) is 0 Å². The fourth-order valence-corrected chi connectivity index (χ4v) is 3.94. The minimum absolute atomic E-state index is 0.342. The van der Waals surface area contributed by atoms with Gasteiger partial charge in [0.1, 0.15) is 0 Å². The number of nitrogens with zero attached hydrogens (tertiary/aromatic N) is 2. The molecule has 0 aromatic rings. The van der Waals surface area contributed by atoms with Crippen molar-refractivity contribution in [1.82, 2.24) is 13.9 Å². The molecule has 2 aliphatic heterocycles. The third-order valence-electron chi connectivity index (χ3n) is 3.37. The van der Waals surface area contributed by atoms with Crippen LogP contribution in [0.3, 0.4) is 0 Å². The fraction of sp³-hybridized carbons (Fsp3) is 1.00. The summed E-state index contributed by atoms with van der Waals surface area (Å²) in [7, 11) is -1.84. The lowest BCUT2D eigenvalue weighted by Crippen LogP contribution is -2.49. The van der Waals surface area contributed by atoms with Crippen LogP contribution < -0.4 is 5.32 Å². The number of nitrogens with one attached hydrogen (secondary N) is 1. The van der Waals surface area contributed by atoms with Crippen LogP contribution in [0.2, 0.25) is 0 Å². The topological polar surface area (TPSA) is 72.9 Å². The Kier molecular flexibility index (Phi) is 3.50. The summed E-state index contributed by atoms with van der Waals surface area (Å²) >= 11 is 0. The highest BCUT2D eigenvalue weighted by Crippen LogP contribution is 2.19. The Morgan fingerprint density at radius 3 is 2.44 bits per heavy atom. The van der Waals surface area contributed by atoms with Crippen molar-refractivity contribution in [1.29, 1.82) is 0 Å². The van der Waals surface area contributed by atoms with E-state index < -0.39 is 16.3 Å². The van der Waals surface area contributed by atoms with Crippen molar-refractivity contribution in [3.05, 3.63) is 0 Å². The molecule has 2 heterocycles. The zero-order valence-electron chi connectivity index (χ0n) is 9.46. The quantitative estimate of drug-likeness (QED) is 0.645. The van der Waals surface area contributed by atoms with E-state index in [1.807, 2.05) is 0 Å². The van der Waals surface area contributed by atoms with E-state index in [0.29, 0.717) is 26.2 Å². The Hall–Kier alpha value is -0.210. The van der Waals surface area contributed by atoms with E-state index in [2.05, 4.69) is 5.32 Å². The highest BCUT2D eigenvalue weighted by atomic mass is 32.2. The number of hydrogen-bond donors (Lipinski definition) is 2. The maximum absolute atomic E-state index is 12.2. The van der Waals surface area contributed by atoms with Crippen molar-refractivity contribution < 1.29 is 13.5 Å². The van der Waals surface area contributed by atoms with Gasteiger partial charge in [0.05, 0.1) is 12.1 Å². The summed E-state index contributed by atoms with van der Waals surface area (Å²) < 4.78 is 27.2. The monoisotopic (exact) mass is 249 g/mol. The van der Waals surface area contributed by atoms with Crippen LogP contribution in [0.5, 0.6) is 0 Å². The first-order valence-corrected chi connectivity index (χ1v) is 7.05. The molecule has 6 nitrogen and oxygen atoms in total. The van der Waals surface area contributed by atoms with Gasteiger partial charge >= 0.3 is 0 Å². The summed E-state index contributed by atoms with van der Waals surface area (Å²) in [5.74, 6) is 0. The number of likely N-dealkylation sites (N-methyl/N-ethyl adjacent to an activating group) is 1. The minimum atomic E-state index is -3.39. The van der Waals surface area contributed by atoms with Crippen molar-refractivity contribution >= 4 is 10.2 Å². The van der Waals surface area contributed by atoms with Crippen LogP contribution >= 0.6 is 0 Å². The summed E-state index contributed by atoms with van der Waals surface area (Å²) in [6.07, 6.45) is 1.25. The second-order valence-corrected chi connectivity index (χ2v) is 6.41. The highest BCUT2D eigenvalue weighted by molar-refractivity contribution is 7.86. The molecule has 0 amide bonds. The molecule has 2 N–H and O–H groups in total. The number of aliphatic hydroxyl groups excluding tert-OH is 1. The summed E-state index contributed by atoms with van der Waals surface area (Å²) in [4.78, 5) is 0. The molecule has 2 atom stereocenters. The molecule has 7 heteroatoms. The molecule has 2 fully saturated rings. The van der Waals surface area contributed by atoms with Gasteiger partial charge in [0, 0.05) is 33.2 Å². The van der Waals surface area contributed by atoms with E-state index in [0.717, 1.165) is 12.8 Å². The molecule has 2 saturated heterocycles. The van der Waals surface area contributed by atoms with Crippen molar-refractivity contribution in [2.75, 3.05) is 33.2 Å². The first kappa shape index (κ1) is 12.3. The Bertz CT molecular complexity index is 340. The Labute approximate surface area is 96.4 Å². The third kappa shape index (κ3) is 2.10. The fourth-order valence-electron chi connectivity index (χ4n) is 2.29. The average molecular weight is 249 g/mol. The van der Waals surface area contributed by atoms with Crippen LogP contribution in [0.25, 0.3) is 0 Å². The highest BCUT2D eigenvalue weighted by Gasteiger charge is 2.38. The maximum atomic E-state index is 12.2. The van der Waals surface area contributed by atoms with E-state index in [9.17, 15) is 13.5 Å². The van der Waals surface area contributed by atoms with Gasteiger partial charge in [0.2, 0.25) is 0 Å². The van der Waals surface area contributed by atoms with Crippen molar-refractivity contribution in [3.8, 4) is 0 Å². The molecular formula is C9H19N3O3S. The van der Waals surface area contributed by atoms with Gasteiger partial charge < -0.3 is 10.4 Å². The van der Waals surface area contributed by atoms with Crippen molar-refractivity contribution in [2.24, 2.45) is 0 Å². The predicted molar refractivity (Wildman–Crippen MR) is 60.2 cm³/mol. The number of rotatable bonds is 3. The molecule has 16 heavy (non-hydrogen) atoms. The molecule has 2 aliphatic rings. The van der Waals surface area contributed by atoms with E-state index in [-0.39, 0.29) is 6.04 Å². The first-order valence-electron chi connectivity index (χ1n) is 5.65. The Morgan fingerprint density at radius 2 is 1.94 bits per heavy atom. The van der Waals surface area contributed by atoms with Gasteiger partial charge in [-0.05, 0) is 12.8 Å². The molecule has 0 aliphatic carbocycles. The summed E-state index contributed by atoms with van der Waals surface area (Å²) in [6.45, 7) is 2.18. The Balaban J connectivity index is 2.10.